The van der Waals surface area contributed by atoms with Crippen molar-refractivity contribution in [2.24, 2.45) is 0 Å². The molecule has 0 amide bonds. The van der Waals surface area contributed by atoms with Gasteiger partial charge in [0.15, 0.2) is 5.78 Å². The van der Waals surface area contributed by atoms with Gasteiger partial charge in [-0.3, -0.25) is 9.78 Å². The molecular weight excluding hydrogens is 283 g/mol. The van der Waals surface area contributed by atoms with Crippen molar-refractivity contribution in [2.45, 2.75) is 12.6 Å². The van der Waals surface area contributed by atoms with Crippen LogP contribution >= 0.6 is 0 Å². The van der Waals surface area contributed by atoms with Crippen LogP contribution in [-0.2, 0) is 12.6 Å². The number of Topliss-reactive ketones (excluding diaryl/α,β-unsaturated/α-hetero) is 1. The Morgan fingerprint density at radius 3 is 2.57 bits per heavy atom. The van der Waals surface area contributed by atoms with E-state index in [1.54, 1.807) is 24.3 Å². The molecule has 0 bridgehead atoms. The van der Waals surface area contributed by atoms with Gasteiger partial charge in [0, 0.05) is 17.5 Å². The summed E-state index contributed by atoms with van der Waals surface area (Å²) in [5.74, 6) is 0.308. The molecule has 6 heteroatoms. The minimum Gasteiger partial charge on any atom is -0.497 e. The summed E-state index contributed by atoms with van der Waals surface area (Å²) in [5, 5.41) is 0. The average Bonchev–Trinajstić information content (AvgIpc) is 2.47. The highest BCUT2D eigenvalue weighted by Gasteiger charge is 2.30. The lowest BCUT2D eigenvalue weighted by Gasteiger charge is -2.07. The molecule has 0 N–H and O–H groups in total. The van der Waals surface area contributed by atoms with Crippen molar-refractivity contribution in [1.82, 2.24) is 4.98 Å². The number of methoxy groups -OCH3 is 1. The lowest BCUT2D eigenvalue weighted by Crippen LogP contribution is -2.08. The highest BCUT2D eigenvalue weighted by molar-refractivity contribution is 5.97. The zero-order valence-corrected chi connectivity index (χ0v) is 11.1. The molecule has 0 aliphatic heterocycles. The number of halogens is 3. The van der Waals surface area contributed by atoms with E-state index in [0.29, 0.717) is 11.3 Å². The van der Waals surface area contributed by atoms with Gasteiger partial charge in [-0.15, -0.1) is 0 Å². The van der Waals surface area contributed by atoms with Crippen LogP contribution in [0.25, 0.3) is 0 Å². The van der Waals surface area contributed by atoms with Crippen LogP contribution in [0.2, 0.25) is 0 Å². The molecule has 1 aromatic heterocycles. The van der Waals surface area contributed by atoms with Gasteiger partial charge < -0.3 is 4.74 Å². The molecule has 2 rings (SSSR count). The molecule has 3 nitrogen and oxygen atoms in total. The Balaban J connectivity index is 2.12. The monoisotopic (exact) mass is 295 g/mol. The molecular formula is C15H12F3NO2. The maximum atomic E-state index is 12.4. The van der Waals surface area contributed by atoms with E-state index in [1.165, 1.54) is 13.2 Å². The predicted octanol–water partition coefficient (Wildman–Crippen LogP) is 3.53. The number of ether oxygens (including phenoxy) is 1. The quantitative estimate of drug-likeness (QED) is 0.810. The third-order valence-electron chi connectivity index (χ3n) is 2.89. The summed E-state index contributed by atoms with van der Waals surface area (Å²) in [7, 11) is 1.49. The highest BCUT2D eigenvalue weighted by Crippen LogP contribution is 2.28. The lowest BCUT2D eigenvalue weighted by molar-refractivity contribution is -0.137. The first-order valence-corrected chi connectivity index (χ1v) is 6.09. The SMILES string of the molecule is COc1cccc(C(=O)Cc2ccc(C(F)(F)F)cn2)c1. The van der Waals surface area contributed by atoms with Gasteiger partial charge in [0.25, 0.3) is 0 Å². The number of benzene rings is 1. The van der Waals surface area contributed by atoms with E-state index in [0.717, 1.165) is 12.3 Å². The third-order valence-corrected chi connectivity index (χ3v) is 2.89. The van der Waals surface area contributed by atoms with Crippen molar-refractivity contribution in [3.05, 3.63) is 59.4 Å². The standard InChI is InChI=1S/C15H12F3NO2/c1-21-13-4-2-3-10(7-13)14(20)8-12-6-5-11(9-19-12)15(16,17)18/h2-7,9H,8H2,1H3. The number of rotatable bonds is 4. The minimum atomic E-state index is -4.43. The fourth-order valence-electron chi connectivity index (χ4n) is 1.76. The van der Waals surface area contributed by atoms with Gasteiger partial charge in [0.2, 0.25) is 0 Å². The second kappa shape index (κ2) is 5.95. The highest BCUT2D eigenvalue weighted by atomic mass is 19.4. The zero-order valence-electron chi connectivity index (χ0n) is 11.1. The number of ketones is 1. The molecule has 0 aliphatic carbocycles. The smallest absolute Gasteiger partial charge is 0.417 e. The zero-order chi connectivity index (χ0) is 15.5. The number of aromatic nitrogens is 1. The summed E-state index contributed by atoms with van der Waals surface area (Å²) in [4.78, 5) is 15.7. The van der Waals surface area contributed by atoms with Crippen LogP contribution in [0.4, 0.5) is 13.2 Å². The van der Waals surface area contributed by atoms with E-state index in [4.69, 9.17) is 4.74 Å². The fraction of sp³-hybridized carbons (Fsp3) is 0.200. The molecule has 0 spiro atoms. The topological polar surface area (TPSA) is 39.2 Å². The van der Waals surface area contributed by atoms with E-state index < -0.39 is 11.7 Å². The van der Waals surface area contributed by atoms with Crippen molar-refractivity contribution in [2.75, 3.05) is 7.11 Å². The molecule has 0 atom stereocenters. The second-order valence-corrected chi connectivity index (χ2v) is 4.37. The fourth-order valence-corrected chi connectivity index (χ4v) is 1.76. The average molecular weight is 295 g/mol. The number of hydrogen-bond acceptors (Lipinski definition) is 3. The maximum absolute atomic E-state index is 12.4. The molecule has 1 heterocycles. The van der Waals surface area contributed by atoms with Crippen molar-refractivity contribution in [1.29, 1.82) is 0 Å². The molecule has 0 radical (unpaired) electrons. The van der Waals surface area contributed by atoms with E-state index >= 15 is 0 Å². The molecule has 0 fully saturated rings. The number of hydrogen-bond donors (Lipinski definition) is 0. The molecule has 0 unspecified atom stereocenters. The van der Waals surface area contributed by atoms with Crippen LogP contribution in [-0.4, -0.2) is 17.9 Å². The summed E-state index contributed by atoms with van der Waals surface area (Å²) in [6.45, 7) is 0. The van der Waals surface area contributed by atoms with Crippen LogP contribution in [0.5, 0.6) is 5.75 Å². The molecule has 110 valence electrons. The molecule has 1 aromatic carbocycles. The Bertz CT molecular complexity index is 636. The van der Waals surface area contributed by atoms with Crippen LogP contribution in [0.15, 0.2) is 42.6 Å². The third kappa shape index (κ3) is 3.81. The van der Waals surface area contributed by atoms with Crippen LogP contribution < -0.4 is 4.74 Å². The summed E-state index contributed by atoms with van der Waals surface area (Å²) >= 11 is 0. The predicted molar refractivity (Wildman–Crippen MR) is 70.3 cm³/mol. The Morgan fingerprint density at radius 2 is 2.00 bits per heavy atom. The van der Waals surface area contributed by atoms with Crippen LogP contribution in [0, 0.1) is 0 Å². The van der Waals surface area contributed by atoms with E-state index in [2.05, 4.69) is 4.98 Å². The number of pyridine rings is 1. The first kappa shape index (κ1) is 15.0. The Kier molecular flexibility index (Phi) is 4.26. The number of nitrogens with zero attached hydrogens (tertiary/aromatic N) is 1. The second-order valence-electron chi connectivity index (χ2n) is 4.37. The first-order chi connectivity index (χ1) is 9.90. The van der Waals surface area contributed by atoms with Gasteiger partial charge in [-0.05, 0) is 24.3 Å². The molecule has 0 saturated carbocycles. The maximum Gasteiger partial charge on any atom is 0.417 e. The molecule has 0 saturated heterocycles. The van der Waals surface area contributed by atoms with E-state index in [9.17, 15) is 18.0 Å². The van der Waals surface area contributed by atoms with Crippen LogP contribution in [0.3, 0.4) is 0 Å². The van der Waals surface area contributed by atoms with E-state index in [1.807, 2.05) is 0 Å². The van der Waals surface area contributed by atoms with Crippen molar-refractivity contribution in [3.63, 3.8) is 0 Å². The van der Waals surface area contributed by atoms with Gasteiger partial charge in [0.1, 0.15) is 5.75 Å². The molecule has 0 aliphatic rings. The van der Waals surface area contributed by atoms with Crippen molar-refractivity contribution in [3.8, 4) is 5.75 Å². The van der Waals surface area contributed by atoms with Gasteiger partial charge in [-0.2, -0.15) is 13.2 Å². The normalized spacial score (nSPS) is 11.2. The van der Waals surface area contributed by atoms with Crippen molar-refractivity contribution < 1.29 is 22.7 Å². The number of carbonyl (C=O) groups excluding carboxylic acids is 1. The minimum absolute atomic E-state index is 0.0642. The summed E-state index contributed by atoms with van der Waals surface area (Å²) in [5.41, 5.74) is -0.119. The van der Waals surface area contributed by atoms with E-state index in [-0.39, 0.29) is 17.9 Å². The summed E-state index contributed by atoms with van der Waals surface area (Å²) in [6.07, 6.45) is -3.76. The Labute approximate surface area is 119 Å². The Morgan fingerprint density at radius 1 is 1.24 bits per heavy atom. The van der Waals surface area contributed by atoms with Gasteiger partial charge in [0.05, 0.1) is 19.1 Å². The van der Waals surface area contributed by atoms with Gasteiger partial charge in [-0.1, -0.05) is 12.1 Å². The summed E-state index contributed by atoms with van der Waals surface area (Å²) < 4.78 is 42.2. The summed E-state index contributed by atoms with van der Waals surface area (Å²) in [6, 6.07) is 8.70. The Hall–Kier alpha value is -2.37. The number of alkyl halides is 3. The molecule has 21 heavy (non-hydrogen) atoms. The lowest BCUT2D eigenvalue weighted by atomic mass is 10.1. The first-order valence-electron chi connectivity index (χ1n) is 6.09. The van der Waals surface area contributed by atoms with Crippen molar-refractivity contribution >= 4 is 5.78 Å². The molecule has 2 aromatic rings. The van der Waals surface area contributed by atoms with Gasteiger partial charge in [-0.25, -0.2) is 0 Å². The van der Waals surface area contributed by atoms with Gasteiger partial charge >= 0.3 is 6.18 Å². The largest absolute Gasteiger partial charge is 0.497 e. The van der Waals surface area contributed by atoms with Crippen LogP contribution in [0.1, 0.15) is 21.6 Å². The number of carbonyl (C=O) groups is 1.